The molecule has 138 valence electrons. The number of anilines is 2. The van der Waals surface area contributed by atoms with Crippen LogP contribution >= 0.6 is 0 Å². The van der Waals surface area contributed by atoms with Crippen molar-refractivity contribution in [3.63, 3.8) is 0 Å². The first-order valence-electron chi connectivity index (χ1n) is 8.29. The molecular weight excluding hydrogens is 356 g/mol. The highest BCUT2D eigenvalue weighted by Crippen LogP contribution is 2.31. The molecule has 0 spiro atoms. The van der Waals surface area contributed by atoms with E-state index in [1.54, 1.807) is 30.3 Å². The van der Waals surface area contributed by atoms with Crippen LogP contribution in [0, 0.1) is 10.1 Å². The second-order valence-electron chi connectivity index (χ2n) is 5.97. The molecule has 0 aliphatic carbocycles. The van der Waals surface area contributed by atoms with Crippen molar-refractivity contribution in [2.24, 2.45) is 0 Å². The first kappa shape index (κ1) is 18.2. The molecule has 0 amide bonds. The highest BCUT2D eigenvalue weighted by atomic mass is 32.2. The third-order valence-electron chi connectivity index (χ3n) is 4.16. The van der Waals surface area contributed by atoms with Gasteiger partial charge < -0.3 is 10.2 Å². The lowest BCUT2D eigenvalue weighted by Gasteiger charge is -2.22. The number of nitrogens with zero attached hydrogens (tertiary/aromatic N) is 2. The second-order valence-corrected chi connectivity index (χ2v) is 7.65. The van der Waals surface area contributed by atoms with E-state index in [1.165, 1.54) is 12.1 Å². The van der Waals surface area contributed by atoms with Crippen LogP contribution in [-0.2, 0) is 10.0 Å². The van der Waals surface area contributed by atoms with E-state index < -0.39 is 14.9 Å². The average Bonchev–Trinajstić information content (AvgIpc) is 2.91. The Balaban J connectivity index is 1.94. The number of rotatable bonds is 5. The third-order valence-corrected chi connectivity index (χ3v) is 5.54. The van der Waals surface area contributed by atoms with E-state index >= 15 is 0 Å². The van der Waals surface area contributed by atoms with Gasteiger partial charge in [-0.1, -0.05) is 18.2 Å². The zero-order chi connectivity index (χ0) is 18.6. The van der Waals surface area contributed by atoms with E-state index in [0.29, 0.717) is 24.5 Å². The lowest BCUT2D eigenvalue weighted by atomic mass is 10.2. The van der Waals surface area contributed by atoms with Gasteiger partial charge >= 0.3 is 0 Å². The number of nitro groups is 1. The van der Waals surface area contributed by atoms with Crippen LogP contribution in [-0.4, -0.2) is 39.5 Å². The van der Waals surface area contributed by atoms with Crippen LogP contribution in [0.2, 0.25) is 0 Å². The predicted octanol–water partition coefficient (Wildman–Crippen LogP) is 2.20. The minimum absolute atomic E-state index is 0.134. The fourth-order valence-electron chi connectivity index (χ4n) is 2.89. The summed E-state index contributed by atoms with van der Waals surface area (Å²) in [6, 6.07) is 12.5. The fraction of sp³-hybridized carbons (Fsp3) is 0.294. The van der Waals surface area contributed by atoms with Crippen molar-refractivity contribution in [2.45, 2.75) is 11.3 Å². The molecule has 0 bridgehead atoms. The van der Waals surface area contributed by atoms with Gasteiger partial charge in [0.05, 0.1) is 9.82 Å². The van der Waals surface area contributed by atoms with Gasteiger partial charge in [-0.05, 0) is 37.2 Å². The maximum atomic E-state index is 12.6. The summed E-state index contributed by atoms with van der Waals surface area (Å²) in [6.45, 7) is 2.90. The lowest BCUT2D eigenvalue weighted by Crippen LogP contribution is -2.28. The summed E-state index contributed by atoms with van der Waals surface area (Å²) in [4.78, 5) is 12.8. The smallest absolute Gasteiger partial charge is 0.293 e. The van der Waals surface area contributed by atoms with E-state index in [4.69, 9.17) is 0 Å². The van der Waals surface area contributed by atoms with Gasteiger partial charge in [0.15, 0.2) is 0 Å². The van der Waals surface area contributed by atoms with E-state index in [2.05, 4.69) is 10.0 Å². The van der Waals surface area contributed by atoms with Crippen molar-refractivity contribution < 1.29 is 13.3 Å². The number of hydrogen-bond acceptors (Lipinski definition) is 6. The van der Waals surface area contributed by atoms with Crippen molar-refractivity contribution in [3.8, 4) is 0 Å². The summed E-state index contributed by atoms with van der Waals surface area (Å²) in [6.07, 6.45) is 0.868. The largest absolute Gasteiger partial charge is 0.365 e. The molecule has 3 rings (SSSR count). The van der Waals surface area contributed by atoms with E-state index in [-0.39, 0.29) is 10.6 Å². The maximum Gasteiger partial charge on any atom is 0.293 e. The highest BCUT2D eigenvalue weighted by molar-refractivity contribution is 7.92. The molecule has 2 N–H and O–H groups in total. The van der Waals surface area contributed by atoms with Gasteiger partial charge in [0, 0.05) is 31.4 Å². The Bertz CT molecular complexity index is 879. The molecule has 2 aromatic rings. The lowest BCUT2D eigenvalue weighted by molar-refractivity contribution is -0.384. The topological polar surface area (TPSA) is 105 Å². The second kappa shape index (κ2) is 7.71. The Labute approximate surface area is 152 Å². The molecule has 8 nitrogen and oxygen atoms in total. The first-order valence-corrected chi connectivity index (χ1v) is 9.78. The van der Waals surface area contributed by atoms with Crippen LogP contribution in [0.15, 0.2) is 53.4 Å². The van der Waals surface area contributed by atoms with Crippen LogP contribution in [0.4, 0.5) is 17.1 Å². The van der Waals surface area contributed by atoms with Gasteiger partial charge in [0.25, 0.3) is 15.7 Å². The Morgan fingerprint density at radius 1 is 1.08 bits per heavy atom. The Hall–Kier alpha value is -2.65. The third kappa shape index (κ3) is 4.12. The van der Waals surface area contributed by atoms with Crippen molar-refractivity contribution in [1.82, 2.24) is 5.32 Å². The summed E-state index contributed by atoms with van der Waals surface area (Å²) in [7, 11) is -3.91. The van der Waals surface area contributed by atoms with E-state index in [1.807, 2.05) is 4.90 Å². The van der Waals surface area contributed by atoms with E-state index in [0.717, 1.165) is 25.6 Å². The summed E-state index contributed by atoms with van der Waals surface area (Å²) in [5.74, 6) is 0. The van der Waals surface area contributed by atoms with Crippen LogP contribution in [0.25, 0.3) is 0 Å². The molecule has 1 aliphatic rings. The average molecular weight is 376 g/mol. The van der Waals surface area contributed by atoms with Crippen molar-refractivity contribution >= 4 is 27.1 Å². The van der Waals surface area contributed by atoms with Crippen molar-refractivity contribution in [1.29, 1.82) is 0 Å². The predicted molar refractivity (Wildman–Crippen MR) is 100 cm³/mol. The van der Waals surface area contributed by atoms with Crippen LogP contribution in [0.3, 0.4) is 0 Å². The van der Waals surface area contributed by atoms with E-state index in [9.17, 15) is 18.5 Å². The van der Waals surface area contributed by atoms with Crippen molar-refractivity contribution in [3.05, 3.63) is 58.6 Å². The molecule has 0 radical (unpaired) electrons. The molecule has 1 saturated heterocycles. The van der Waals surface area contributed by atoms with Gasteiger partial charge in [0.2, 0.25) is 0 Å². The quantitative estimate of drug-likeness (QED) is 0.612. The molecule has 0 atom stereocenters. The Morgan fingerprint density at radius 3 is 2.58 bits per heavy atom. The Morgan fingerprint density at radius 2 is 1.85 bits per heavy atom. The molecule has 9 heteroatoms. The number of nitrogens with one attached hydrogen (secondary N) is 2. The standard InChI is InChI=1S/C17H20N4O4S/c22-21(23)17-13-15(26(24,25)19-14-5-2-1-3-6-14)7-8-16(17)20-11-4-9-18-10-12-20/h1-3,5-8,13,18-19H,4,9-12H2. The van der Waals surface area contributed by atoms with Gasteiger partial charge in [-0.2, -0.15) is 0 Å². The molecule has 1 heterocycles. The molecule has 1 fully saturated rings. The number of benzene rings is 2. The number of sulfonamides is 1. The van der Waals surface area contributed by atoms with Crippen molar-refractivity contribution in [2.75, 3.05) is 35.8 Å². The number of nitro benzene ring substituents is 1. The number of para-hydroxylation sites is 1. The molecular formula is C17H20N4O4S. The molecule has 2 aromatic carbocycles. The number of hydrogen-bond donors (Lipinski definition) is 2. The Kier molecular flexibility index (Phi) is 5.38. The van der Waals surface area contributed by atoms with Gasteiger partial charge in [0.1, 0.15) is 5.69 Å². The minimum Gasteiger partial charge on any atom is -0.365 e. The van der Waals surface area contributed by atoms with Gasteiger partial charge in [-0.25, -0.2) is 8.42 Å². The van der Waals surface area contributed by atoms with Crippen LogP contribution < -0.4 is 14.9 Å². The fourth-order valence-corrected chi connectivity index (χ4v) is 3.97. The molecule has 0 unspecified atom stereocenters. The molecule has 0 saturated carbocycles. The zero-order valence-corrected chi connectivity index (χ0v) is 14.9. The summed E-state index contributed by atoms with van der Waals surface area (Å²) in [5, 5.41) is 14.8. The van der Waals surface area contributed by atoms with Crippen LogP contribution in [0.5, 0.6) is 0 Å². The molecule has 26 heavy (non-hydrogen) atoms. The van der Waals surface area contributed by atoms with Gasteiger partial charge in [-0.15, -0.1) is 0 Å². The maximum absolute atomic E-state index is 12.6. The minimum atomic E-state index is -3.91. The first-order chi connectivity index (χ1) is 12.5. The highest BCUT2D eigenvalue weighted by Gasteiger charge is 2.25. The monoisotopic (exact) mass is 376 g/mol. The van der Waals surface area contributed by atoms with Crippen LogP contribution in [0.1, 0.15) is 6.42 Å². The summed E-state index contributed by atoms with van der Waals surface area (Å²) < 4.78 is 27.6. The molecule has 0 aromatic heterocycles. The zero-order valence-electron chi connectivity index (χ0n) is 14.1. The summed E-state index contributed by atoms with van der Waals surface area (Å²) in [5.41, 5.74) is 0.637. The summed E-state index contributed by atoms with van der Waals surface area (Å²) >= 11 is 0. The normalized spacial score (nSPS) is 15.3. The SMILES string of the molecule is O=[N+]([O-])c1cc(S(=O)(=O)Nc2ccccc2)ccc1N1CCCNCC1. The van der Waals surface area contributed by atoms with Gasteiger partial charge in [-0.3, -0.25) is 14.8 Å². The molecule has 1 aliphatic heterocycles.